The van der Waals surface area contributed by atoms with Crippen molar-refractivity contribution in [1.29, 1.82) is 0 Å². The molecule has 1 aromatic heterocycles. The number of nitrogens with zero attached hydrogens (tertiary/aromatic N) is 1. The zero-order chi connectivity index (χ0) is 13.1. The van der Waals surface area contributed by atoms with Gasteiger partial charge in [0.1, 0.15) is 11.6 Å². The molecular formula is C13H9ClFNO2. The molecule has 92 valence electrons. The van der Waals surface area contributed by atoms with Crippen molar-refractivity contribution in [2.24, 2.45) is 0 Å². The molecule has 0 radical (unpaired) electrons. The first-order valence-corrected chi connectivity index (χ1v) is 5.50. The van der Waals surface area contributed by atoms with Crippen LogP contribution in [0.15, 0.2) is 36.5 Å². The van der Waals surface area contributed by atoms with Crippen molar-refractivity contribution < 1.29 is 13.9 Å². The van der Waals surface area contributed by atoms with E-state index >= 15 is 0 Å². The number of aromatic nitrogens is 1. The third-order valence-electron chi connectivity index (χ3n) is 2.40. The highest BCUT2D eigenvalue weighted by Crippen LogP contribution is 2.25. The summed E-state index contributed by atoms with van der Waals surface area (Å²) in [5.74, 6) is -0.794. The van der Waals surface area contributed by atoms with Crippen LogP contribution >= 0.6 is 11.6 Å². The molecule has 5 heteroatoms. The van der Waals surface area contributed by atoms with Gasteiger partial charge in [0.05, 0.1) is 12.1 Å². The van der Waals surface area contributed by atoms with Crippen LogP contribution in [-0.2, 0) is 0 Å². The first-order chi connectivity index (χ1) is 8.65. The minimum absolute atomic E-state index is 0.0636. The van der Waals surface area contributed by atoms with Crippen LogP contribution in [0.25, 0.3) is 0 Å². The molecule has 18 heavy (non-hydrogen) atoms. The Morgan fingerprint density at radius 3 is 2.83 bits per heavy atom. The molecule has 0 bridgehead atoms. The predicted molar refractivity (Wildman–Crippen MR) is 65.6 cm³/mol. The molecule has 0 saturated carbocycles. The fraction of sp³-hybridized carbons (Fsp3) is 0.0769. The van der Waals surface area contributed by atoms with Crippen LogP contribution in [0.4, 0.5) is 4.39 Å². The molecule has 0 N–H and O–H groups in total. The summed E-state index contributed by atoms with van der Waals surface area (Å²) in [5.41, 5.74) is 0.168. The summed E-state index contributed by atoms with van der Waals surface area (Å²) in [5, 5.41) is -0.213. The summed E-state index contributed by atoms with van der Waals surface area (Å²) in [6.45, 7) is 0. The van der Waals surface area contributed by atoms with Gasteiger partial charge in [-0.25, -0.2) is 9.37 Å². The predicted octanol–water partition coefficient (Wildman–Crippen LogP) is 3.11. The van der Waals surface area contributed by atoms with Crippen molar-refractivity contribution in [3.8, 4) is 5.75 Å². The van der Waals surface area contributed by atoms with Crippen LogP contribution in [0, 0.1) is 5.82 Å². The van der Waals surface area contributed by atoms with E-state index in [0.29, 0.717) is 5.75 Å². The minimum Gasteiger partial charge on any atom is -0.494 e. The highest BCUT2D eigenvalue weighted by Gasteiger charge is 2.19. The van der Waals surface area contributed by atoms with Crippen LogP contribution in [0.1, 0.15) is 16.1 Å². The number of pyridine rings is 1. The Hall–Kier alpha value is -1.94. The second kappa shape index (κ2) is 5.14. The number of halogens is 2. The van der Waals surface area contributed by atoms with Gasteiger partial charge in [-0.3, -0.25) is 4.79 Å². The third kappa shape index (κ3) is 2.19. The molecule has 0 aliphatic carbocycles. The quantitative estimate of drug-likeness (QED) is 0.801. The normalized spacial score (nSPS) is 10.2. The SMILES string of the molecule is COc1cccnc1C(=O)c1cccc(F)c1Cl. The Kier molecular flexibility index (Phi) is 3.58. The summed E-state index contributed by atoms with van der Waals surface area (Å²) >= 11 is 5.77. The number of hydrogen-bond donors (Lipinski definition) is 0. The zero-order valence-electron chi connectivity index (χ0n) is 9.48. The summed E-state index contributed by atoms with van der Waals surface area (Å²) in [6, 6.07) is 7.30. The Labute approximate surface area is 108 Å². The summed E-state index contributed by atoms with van der Waals surface area (Å²) in [4.78, 5) is 16.1. The van der Waals surface area contributed by atoms with Gasteiger partial charge < -0.3 is 4.74 Å². The van der Waals surface area contributed by atoms with Crippen LogP contribution in [-0.4, -0.2) is 17.9 Å². The third-order valence-corrected chi connectivity index (χ3v) is 2.79. The first-order valence-electron chi connectivity index (χ1n) is 5.13. The van der Waals surface area contributed by atoms with Gasteiger partial charge in [0.15, 0.2) is 5.69 Å². The maximum Gasteiger partial charge on any atom is 0.216 e. The van der Waals surface area contributed by atoms with Crippen molar-refractivity contribution in [3.05, 3.63) is 58.6 Å². The highest BCUT2D eigenvalue weighted by molar-refractivity contribution is 6.35. The summed E-state index contributed by atoms with van der Waals surface area (Å²) < 4.78 is 18.3. The van der Waals surface area contributed by atoms with Gasteiger partial charge in [-0.1, -0.05) is 17.7 Å². The molecular weight excluding hydrogens is 257 g/mol. The van der Waals surface area contributed by atoms with Gasteiger partial charge in [0, 0.05) is 11.8 Å². The lowest BCUT2D eigenvalue weighted by atomic mass is 10.1. The number of ketones is 1. The van der Waals surface area contributed by atoms with Crippen LogP contribution in [0.2, 0.25) is 5.02 Å². The Morgan fingerprint density at radius 2 is 2.11 bits per heavy atom. The van der Waals surface area contributed by atoms with E-state index in [-0.39, 0.29) is 16.3 Å². The number of carbonyl (C=O) groups excluding carboxylic acids is 1. The molecule has 1 aromatic carbocycles. The highest BCUT2D eigenvalue weighted by atomic mass is 35.5. The number of carbonyl (C=O) groups is 1. The second-order valence-electron chi connectivity index (χ2n) is 3.48. The van der Waals surface area contributed by atoms with E-state index in [1.807, 2.05) is 0 Å². The van der Waals surface area contributed by atoms with Crippen molar-refractivity contribution in [2.45, 2.75) is 0 Å². The lowest BCUT2D eigenvalue weighted by Crippen LogP contribution is -2.07. The van der Waals surface area contributed by atoms with E-state index in [1.54, 1.807) is 12.1 Å². The number of ether oxygens (including phenoxy) is 1. The topological polar surface area (TPSA) is 39.2 Å². The van der Waals surface area contributed by atoms with Crippen molar-refractivity contribution in [1.82, 2.24) is 4.98 Å². The Balaban J connectivity index is 2.52. The average Bonchev–Trinajstić information content (AvgIpc) is 2.41. The van der Waals surface area contributed by atoms with E-state index in [9.17, 15) is 9.18 Å². The molecule has 0 amide bonds. The molecule has 2 aromatic rings. The largest absolute Gasteiger partial charge is 0.494 e. The average molecular weight is 266 g/mol. The second-order valence-corrected chi connectivity index (χ2v) is 3.86. The van der Waals surface area contributed by atoms with E-state index in [0.717, 1.165) is 0 Å². The van der Waals surface area contributed by atoms with Crippen LogP contribution in [0.3, 0.4) is 0 Å². The minimum atomic E-state index is -0.641. The van der Waals surface area contributed by atoms with Crippen molar-refractivity contribution in [2.75, 3.05) is 7.11 Å². The zero-order valence-corrected chi connectivity index (χ0v) is 10.2. The van der Waals surface area contributed by atoms with Gasteiger partial charge in [0.2, 0.25) is 5.78 Å². The Morgan fingerprint density at radius 1 is 1.33 bits per heavy atom. The molecule has 0 spiro atoms. The number of rotatable bonds is 3. The standard InChI is InChI=1S/C13H9ClFNO2/c1-18-10-6-3-7-16-12(10)13(17)8-4-2-5-9(15)11(8)14/h2-7H,1H3. The molecule has 3 nitrogen and oxygen atoms in total. The molecule has 0 saturated heterocycles. The smallest absolute Gasteiger partial charge is 0.216 e. The van der Waals surface area contributed by atoms with E-state index in [1.165, 1.54) is 31.5 Å². The first kappa shape index (κ1) is 12.5. The van der Waals surface area contributed by atoms with E-state index in [4.69, 9.17) is 16.3 Å². The molecule has 1 heterocycles. The molecule has 0 unspecified atom stereocenters. The van der Waals surface area contributed by atoms with Gasteiger partial charge in [-0.05, 0) is 24.3 Å². The van der Waals surface area contributed by atoms with Gasteiger partial charge in [-0.15, -0.1) is 0 Å². The van der Waals surface area contributed by atoms with Crippen LogP contribution < -0.4 is 4.74 Å². The summed E-state index contributed by atoms with van der Waals surface area (Å²) in [6.07, 6.45) is 1.46. The van der Waals surface area contributed by atoms with Gasteiger partial charge in [-0.2, -0.15) is 0 Å². The lowest BCUT2D eigenvalue weighted by Gasteiger charge is -2.07. The fourth-order valence-electron chi connectivity index (χ4n) is 1.53. The maximum absolute atomic E-state index is 13.3. The van der Waals surface area contributed by atoms with E-state index in [2.05, 4.69) is 4.98 Å². The maximum atomic E-state index is 13.3. The number of benzene rings is 1. The van der Waals surface area contributed by atoms with Gasteiger partial charge >= 0.3 is 0 Å². The summed E-state index contributed by atoms with van der Waals surface area (Å²) in [7, 11) is 1.43. The molecule has 2 rings (SSSR count). The Bertz CT molecular complexity index is 601. The van der Waals surface area contributed by atoms with Crippen molar-refractivity contribution >= 4 is 17.4 Å². The van der Waals surface area contributed by atoms with Crippen LogP contribution in [0.5, 0.6) is 5.75 Å². The van der Waals surface area contributed by atoms with E-state index < -0.39 is 11.6 Å². The number of hydrogen-bond acceptors (Lipinski definition) is 3. The molecule has 0 aliphatic rings. The lowest BCUT2D eigenvalue weighted by molar-refractivity contribution is 0.103. The fourth-order valence-corrected chi connectivity index (χ4v) is 1.74. The molecule has 0 aliphatic heterocycles. The monoisotopic (exact) mass is 265 g/mol. The van der Waals surface area contributed by atoms with Gasteiger partial charge in [0.25, 0.3) is 0 Å². The molecule has 0 fully saturated rings. The molecule has 0 atom stereocenters. The number of methoxy groups -OCH3 is 1. The van der Waals surface area contributed by atoms with Crippen molar-refractivity contribution in [3.63, 3.8) is 0 Å².